The van der Waals surface area contributed by atoms with Crippen molar-refractivity contribution in [3.05, 3.63) is 35.6 Å². The van der Waals surface area contributed by atoms with Crippen molar-refractivity contribution >= 4 is 5.78 Å². The standard InChI is InChI=1S/C13H16FNO2/c1-10-8-15(5-6-17-10)9-13(16)11-3-2-4-12(14)7-11/h2-4,7,10H,5-6,8-9H2,1H3. The Labute approximate surface area is 100 Å². The zero-order chi connectivity index (χ0) is 12.3. The van der Waals surface area contributed by atoms with Gasteiger partial charge in [0.25, 0.3) is 0 Å². The second-order valence-corrected chi connectivity index (χ2v) is 4.35. The smallest absolute Gasteiger partial charge is 0.176 e. The Bertz CT molecular complexity index is 408. The SMILES string of the molecule is CC1CN(CC(=O)c2cccc(F)c2)CCO1. The minimum absolute atomic E-state index is 0.0430. The van der Waals surface area contributed by atoms with E-state index in [1.54, 1.807) is 12.1 Å². The van der Waals surface area contributed by atoms with E-state index in [9.17, 15) is 9.18 Å². The summed E-state index contributed by atoms with van der Waals surface area (Å²) in [5, 5.41) is 0. The Kier molecular flexibility index (Phi) is 3.86. The quantitative estimate of drug-likeness (QED) is 0.750. The number of carbonyl (C=O) groups excluding carboxylic acids is 1. The summed E-state index contributed by atoms with van der Waals surface area (Å²) < 4.78 is 18.4. The highest BCUT2D eigenvalue weighted by atomic mass is 19.1. The van der Waals surface area contributed by atoms with E-state index in [0.29, 0.717) is 18.7 Å². The molecule has 1 aromatic carbocycles. The fourth-order valence-corrected chi connectivity index (χ4v) is 1.99. The zero-order valence-electron chi connectivity index (χ0n) is 9.86. The summed E-state index contributed by atoms with van der Waals surface area (Å²) in [5.74, 6) is -0.412. The third kappa shape index (κ3) is 3.35. The van der Waals surface area contributed by atoms with Crippen LogP contribution in [0.1, 0.15) is 17.3 Å². The van der Waals surface area contributed by atoms with Gasteiger partial charge in [-0.1, -0.05) is 12.1 Å². The zero-order valence-corrected chi connectivity index (χ0v) is 9.86. The molecule has 3 nitrogen and oxygen atoms in total. The molecule has 0 bridgehead atoms. The summed E-state index contributed by atoms with van der Waals surface area (Å²) in [7, 11) is 0. The van der Waals surface area contributed by atoms with Crippen molar-refractivity contribution in [3.63, 3.8) is 0 Å². The molecule has 4 heteroatoms. The predicted molar refractivity (Wildman–Crippen MR) is 62.6 cm³/mol. The minimum atomic E-state index is -0.369. The van der Waals surface area contributed by atoms with Gasteiger partial charge < -0.3 is 4.74 Å². The van der Waals surface area contributed by atoms with Gasteiger partial charge in [0.2, 0.25) is 0 Å². The van der Waals surface area contributed by atoms with Crippen molar-refractivity contribution in [2.75, 3.05) is 26.2 Å². The van der Waals surface area contributed by atoms with Crippen molar-refractivity contribution in [1.29, 1.82) is 0 Å². The molecule has 0 amide bonds. The van der Waals surface area contributed by atoms with E-state index in [1.807, 2.05) is 11.8 Å². The van der Waals surface area contributed by atoms with Crippen LogP contribution in [0.25, 0.3) is 0 Å². The molecule has 0 spiro atoms. The molecule has 1 aromatic rings. The monoisotopic (exact) mass is 237 g/mol. The van der Waals surface area contributed by atoms with Gasteiger partial charge in [0.1, 0.15) is 5.82 Å². The number of Topliss-reactive ketones (excluding diaryl/α,β-unsaturated/α-hetero) is 1. The van der Waals surface area contributed by atoms with Gasteiger partial charge in [0.05, 0.1) is 19.3 Å². The lowest BCUT2D eigenvalue weighted by atomic mass is 10.1. The lowest BCUT2D eigenvalue weighted by Crippen LogP contribution is -2.43. The van der Waals surface area contributed by atoms with Crippen LogP contribution in [0.15, 0.2) is 24.3 Å². The summed E-state index contributed by atoms with van der Waals surface area (Å²) >= 11 is 0. The van der Waals surface area contributed by atoms with Crippen LogP contribution in [0, 0.1) is 5.82 Å². The van der Waals surface area contributed by atoms with Gasteiger partial charge in [-0.15, -0.1) is 0 Å². The van der Waals surface area contributed by atoms with E-state index in [-0.39, 0.29) is 17.7 Å². The van der Waals surface area contributed by atoms with E-state index in [4.69, 9.17) is 4.74 Å². The molecule has 1 aliphatic rings. The molecule has 2 rings (SSSR count). The number of ketones is 1. The minimum Gasteiger partial charge on any atom is -0.376 e. The van der Waals surface area contributed by atoms with Gasteiger partial charge in [0, 0.05) is 18.7 Å². The van der Waals surface area contributed by atoms with Crippen LogP contribution < -0.4 is 0 Å². The maximum Gasteiger partial charge on any atom is 0.176 e. The number of halogens is 1. The molecule has 1 saturated heterocycles. The van der Waals surface area contributed by atoms with Gasteiger partial charge in [0.15, 0.2) is 5.78 Å². The van der Waals surface area contributed by atoms with Crippen molar-refractivity contribution in [3.8, 4) is 0 Å². The largest absolute Gasteiger partial charge is 0.376 e. The predicted octanol–water partition coefficient (Wildman–Crippen LogP) is 1.73. The Morgan fingerprint density at radius 2 is 2.41 bits per heavy atom. The Hall–Kier alpha value is -1.26. The van der Waals surface area contributed by atoms with Crippen LogP contribution in [0.3, 0.4) is 0 Å². The highest BCUT2D eigenvalue weighted by molar-refractivity contribution is 5.97. The lowest BCUT2D eigenvalue weighted by Gasteiger charge is -2.30. The number of hydrogen-bond acceptors (Lipinski definition) is 3. The normalized spacial score (nSPS) is 21.4. The molecule has 1 heterocycles. The van der Waals surface area contributed by atoms with E-state index in [1.165, 1.54) is 12.1 Å². The first-order valence-electron chi connectivity index (χ1n) is 5.78. The molecule has 1 atom stereocenters. The van der Waals surface area contributed by atoms with Crippen LogP contribution >= 0.6 is 0 Å². The van der Waals surface area contributed by atoms with Gasteiger partial charge in [-0.2, -0.15) is 0 Å². The Morgan fingerprint density at radius 3 is 3.12 bits per heavy atom. The van der Waals surface area contributed by atoms with Gasteiger partial charge in [-0.3, -0.25) is 9.69 Å². The Balaban J connectivity index is 1.97. The Morgan fingerprint density at radius 1 is 1.59 bits per heavy atom. The first-order valence-corrected chi connectivity index (χ1v) is 5.78. The van der Waals surface area contributed by atoms with Gasteiger partial charge in [-0.05, 0) is 19.1 Å². The first-order chi connectivity index (χ1) is 8.15. The summed E-state index contributed by atoms with van der Waals surface area (Å²) in [4.78, 5) is 14.0. The van der Waals surface area contributed by atoms with Crippen molar-refractivity contribution in [2.24, 2.45) is 0 Å². The number of nitrogens with zero attached hydrogens (tertiary/aromatic N) is 1. The number of rotatable bonds is 3. The van der Waals surface area contributed by atoms with Gasteiger partial charge in [-0.25, -0.2) is 4.39 Å². The molecule has 1 unspecified atom stereocenters. The third-order valence-corrected chi connectivity index (χ3v) is 2.84. The average Bonchev–Trinajstić information content (AvgIpc) is 2.29. The van der Waals surface area contributed by atoms with Crippen LogP contribution in [0.4, 0.5) is 4.39 Å². The molecule has 0 saturated carbocycles. The molecule has 0 aliphatic carbocycles. The lowest BCUT2D eigenvalue weighted by molar-refractivity contribution is -0.0158. The molecule has 17 heavy (non-hydrogen) atoms. The van der Waals surface area contributed by atoms with Crippen molar-refractivity contribution in [1.82, 2.24) is 4.90 Å². The molecule has 1 aliphatic heterocycles. The van der Waals surface area contributed by atoms with E-state index in [2.05, 4.69) is 0 Å². The number of morpholine rings is 1. The summed E-state index contributed by atoms with van der Waals surface area (Å²) in [6, 6.07) is 5.83. The van der Waals surface area contributed by atoms with E-state index in [0.717, 1.165) is 13.1 Å². The van der Waals surface area contributed by atoms with Crippen LogP contribution in [-0.4, -0.2) is 43.0 Å². The molecular formula is C13H16FNO2. The fraction of sp³-hybridized carbons (Fsp3) is 0.462. The van der Waals surface area contributed by atoms with Crippen LogP contribution in [-0.2, 0) is 4.74 Å². The first kappa shape index (κ1) is 12.2. The molecule has 0 N–H and O–H groups in total. The van der Waals surface area contributed by atoms with Gasteiger partial charge >= 0.3 is 0 Å². The summed E-state index contributed by atoms with van der Waals surface area (Å²) in [6.07, 6.45) is 0.157. The summed E-state index contributed by atoms with van der Waals surface area (Å²) in [5.41, 5.74) is 0.434. The number of carbonyl (C=O) groups is 1. The maximum absolute atomic E-state index is 13.0. The topological polar surface area (TPSA) is 29.5 Å². The molecular weight excluding hydrogens is 221 g/mol. The number of benzene rings is 1. The maximum atomic E-state index is 13.0. The highest BCUT2D eigenvalue weighted by Gasteiger charge is 2.19. The number of ether oxygens (including phenoxy) is 1. The molecule has 0 aromatic heterocycles. The van der Waals surface area contributed by atoms with E-state index < -0.39 is 0 Å². The van der Waals surface area contributed by atoms with Crippen molar-refractivity contribution in [2.45, 2.75) is 13.0 Å². The van der Waals surface area contributed by atoms with E-state index >= 15 is 0 Å². The molecule has 0 radical (unpaired) electrons. The highest BCUT2D eigenvalue weighted by Crippen LogP contribution is 2.08. The second-order valence-electron chi connectivity index (χ2n) is 4.35. The molecule has 1 fully saturated rings. The second kappa shape index (κ2) is 5.38. The molecule has 92 valence electrons. The third-order valence-electron chi connectivity index (χ3n) is 2.84. The van der Waals surface area contributed by atoms with Crippen LogP contribution in [0.2, 0.25) is 0 Å². The van der Waals surface area contributed by atoms with Crippen LogP contribution in [0.5, 0.6) is 0 Å². The average molecular weight is 237 g/mol. The fourth-order valence-electron chi connectivity index (χ4n) is 1.99. The van der Waals surface area contributed by atoms with Crippen molar-refractivity contribution < 1.29 is 13.9 Å². The summed E-state index contributed by atoms with van der Waals surface area (Å²) in [6.45, 7) is 4.47. The number of hydrogen-bond donors (Lipinski definition) is 0.